The van der Waals surface area contributed by atoms with Crippen LogP contribution in [-0.2, 0) is 22.3 Å². The van der Waals surface area contributed by atoms with Crippen molar-refractivity contribution >= 4 is 5.69 Å². The Hall–Kier alpha value is -3.13. The van der Waals surface area contributed by atoms with Crippen molar-refractivity contribution in [3.63, 3.8) is 0 Å². The summed E-state index contributed by atoms with van der Waals surface area (Å²) in [6, 6.07) is 20.6. The molecule has 0 radical (unpaired) electrons. The highest BCUT2D eigenvalue weighted by molar-refractivity contribution is 5.53. The molecule has 198 valence electrons. The molecular weight excluding hydrogens is 471 g/mol. The maximum absolute atomic E-state index is 13.6. The molecule has 0 aromatic heterocycles. The third-order valence-electron chi connectivity index (χ3n) is 6.76. The summed E-state index contributed by atoms with van der Waals surface area (Å²) in [5, 5.41) is 10.0. The number of rotatable bonds is 13. The van der Waals surface area contributed by atoms with Crippen molar-refractivity contribution in [1.82, 2.24) is 4.90 Å². The number of halogens is 1. The molecule has 1 heterocycles. The van der Waals surface area contributed by atoms with Gasteiger partial charge in [0.05, 0.1) is 19.4 Å². The molecule has 0 amide bonds. The summed E-state index contributed by atoms with van der Waals surface area (Å²) in [5.41, 5.74) is 4.53. The van der Waals surface area contributed by atoms with Gasteiger partial charge in [-0.3, -0.25) is 4.90 Å². The minimum absolute atomic E-state index is 0.0782. The van der Waals surface area contributed by atoms with Crippen LogP contribution in [0.1, 0.15) is 29.7 Å². The number of methoxy groups -OCH3 is 1. The molecule has 0 bridgehead atoms. The topological polar surface area (TPSA) is 54.4 Å². The summed E-state index contributed by atoms with van der Waals surface area (Å²) in [4.78, 5) is 4.50. The molecule has 0 aliphatic carbocycles. The number of fused-ring (bicyclic) bond motifs is 1. The summed E-state index contributed by atoms with van der Waals surface area (Å²) >= 11 is 0. The molecule has 0 saturated carbocycles. The van der Waals surface area contributed by atoms with E-state index >= 15 is 0 Å². The van der Waals surface area contributed by atoms with Gasteiger partial charge >= 0.3 is 0 Å². The van der Waals surface area contributed by atoms with E-state index in [4.69, 9.17) is 14.2 Å². The minimum Gasteiger partial charge on any atom is -0.508 e. The van der Waals surface area contributed by atoms with Crippen molar-refractivity contribution in [3.05, 3.63) is 89.2 Å². The van der Waals surface area contributed by atoms with Crippen LogP contribution >= 0.6 is 0 Å². The third-order valence-corrected chi connectivity index (χ3v) is 6.76. The van der Waals surface area contributed by atoms with Crippen molar-refractivity contribution in [2.75, 3.05) is 58.2 Å². The molecule has 3 aromatic rings. The van der Waals surface area contributed by atoms with Crippen molar-refractivity contribution < 1.29 is 23.7 Å². The number of nitrogens with zero attached hydrogens (tertiary/aromatic N) is 2. The van der Waals surface area contributed by atoms with Crippen LogP contribution < -0.4 is 9.64 Å². The highest BCUT2D eigenvalue weighted by Crippen LogP contribution is 2.37. The van der Waals surface area contributed by atoms with Gasteiger partial charge in [-0.1, -0.05) is 18.2 Å². The van der Waals surface area contributed by atoms with E-state index in [0.717, 1.165) is 49.5 Å². The Bertz CT molecular complexity index is 1100. The summed E-state index contributed by atoms with van der Waals surface area (Å²) in [6.45, 7) is 6.79. The molecule has 7 heteroatoms. The Kier molecular flexibility index (Phi) is 9.77. The van der Waals surface area contributed by atoms with Gasteiger partial charge in [-0.05, 0) is 85.0 Å². The normalized spacial score (nSPS) is 15.1. The maximum Gasteiger partial charge on any atom is 0.123 e. The number of hydrogen-bond donors (Lipinski definition) is 1. The van der Waals surface area contributed by atoms with E-state index in [1.807, 2.05) is 43.3 Å². The van der Waals surface area contributed by atoms with Crippen LogP contribution in [0.25, 0.3) is 0 Å². The van der Waals surface area contributed by atoms with E-state index in [0.29, 0.717) is 26.6 Å². The highest BCUT2D eigenvalue weighted by Gasteiger charge is 2.28. The van der Waals surface area contributed by atoms with Crippen LogP contribution in [0.3, 0.4) is 0 Å². The Labute approximate surface area is 219 Å². The number of anilines is 1. The zero-order valence-electron chi connectivity index (χ0n) is 21.7. The van der Waals surface area contributed by atoms with Crippen molar-refractivity contribution in [1.29, 1.82) is 0 Å². The van der Waals surface area contributed by atoms with Crippen LogP contribution in [0, 0.1) is 5.82 Å². The fraction of sp³-hybridized carbons (Fsp3) is 0.400. The van der Waals surface area contributed by atoms with E-state index < -0.39 is 0 Å². The second-order valence-corrected chi connectivity index (χ2v) is 9.25. The fourth-order valence-electron chi connectivity index (χ4n) is 4.78. The molecule has 0 saturated heterocycles. The van der Waals surface area contributed by atoms with E-state index in [-0.39, 0.29) is 17.6 Å². The first-order chi connectivity index (χ1) is 18.1. The van der Waals surface area contributed by atoms with Crippen LogP contribution in [0.2, 0.25) is 0 Å². The molecular formula is C30H37FN2O4. The van der Waals surface area contributed by atoms with Crippen LogP contribution in [0.4, 0.5) is 10.1 Å². The molecule has 1 aliphatic rings. The lowest BCUT2D eigenvalue weighted by atomic mass is 9.88. The van der Waals surface area contributed by atoms with Crippen LogP contribution in [-0.4, -0.2) is 63.3 Å². The SMILES string of the molecule is CCOCN(CCOC)CCOc1ccc(CC2c3ccc(O)cc3CCN2c2ccc(F)cc2)cc1. The minimum atomic E-state index is -0.238. The van der Waals surface area contributed by atoms with E-state index in [1.165, 1.54) is 23.3 Å². The molecule has 1 atom stereocenters. The summed E-state index contributed by atoms with van der Waals surface area (Å²) in [5.74, 6) is 0.880. The summed E-state index contributed by atoms with van der Waals surface area (Å²) in [6.07, 6.45) is 1.61. The first-order valence-electron chi connectivity index (χ1n) is 12.9. The average Bonchev–Trinajstić information content (AvgIpc) is 2.91. The zero-order chi connectivity index (χ0) is 26.0. The van der Waals surface area contributed by atoms with E-state index in [2.05, 4.69) is 21.9 Å². The summed E-state index contributed by atoms with van der Waals surface area (Å²) in [7, 11) is 1.70. The van der Waals surface area contributed by atoms with E-state index in [9.17, 15) is 9.50 Å². The predicted octanol–water partition coefficient (Wildman–Crippen LogP) is 5.20. The van der Waals surface area contributed by atoms with Gasteiger partial charge in [-0.15, -0.1) is 0 Å². The first-order valence-corrected chi connectivity index (χ1v) is 12.9. The van der Waals surface area contributed by atoms with Crippen molar-refractivity contribution in [2.24, 2.45) is 0 Å². The second kappa shape index (κ2) is 13.4. The smallest absolute Gasteiger partial charge is 0.123 e. The molecule has 0 fully saturated rings. The molecule has 6 nitrogen and oxygen atoms in total. The Balaban J connectivity index is 1.43. The van der Waals surface area contributed by atoms with Gasteiger partial charge in [0.1, 0.15) is 23.9 Å². The van der Waals surface area contributed by atoms with E-state index in [1.54, 1.807) is 13.2 Å². The van der Waals surface area contributed by atoms with Crippen LogP contribution in [0.5, 0.6) is 11.5 Å². The number of aromatic hydroxyl groups is 1. The molecule has 4 rings (SSSR count). The van der Waals surface area contributed by atoms with Gasteiger partial charge in [0.2, 0.25) is 0 Å². The van der Waals surface area contributed by atoms with Crippen LogP contribution in [0.15, 0.2) is 66.7 Å². The maximum atomic E-state index is 13.6. The van der Waals surface area contributed by atoms with Crippen molar-refractivity contribution in [3.8, 4) is 11.5 Å². The molecule has 1 aliphatic heterocycles. The Morgan fingerprint density at radius 2 is 1.76 bits per heavy atom. The first kappa shape index (κ1) is 26.9. The standard InChI is InChI=1S/C30H37FN2O4/c1-3-36-22-32(16-18-35-2)17-19-37-28-11-4-23(5-12-28)20-30-29-13-10-27(34)21-24(29)14-15-33(30)26-8-6-25(31)7-9-26/h4-13,21,30,34H,3,14-20,22H2,1-2H3. The van der Waals surface area contributed by atoms with Gasteiger partial charge in [-0.25, -0.2) is 4.39 Å². The number of benzene rings is 3. The molecule has 0 spiro atoms. The Morgan fingerprint density at radius 3 is 2.49 bits per heavy atom. The molecule has 1 N–H and O–H groups in total. The number of phenols is 1. The molecule has 3 aromatic carbocycles. The largest absolute Gasteiger partial charge is 0.508 e. The number of hydrogen-bond acceptors (Lipinski definition) is 6. The third kappa shape index (κ3) is 7.44. The fourth-order valence-corrected chi connectivity index (χ4v) is 4.78. The second-order valence-electron chi connectivity index (χ2n) is 9.25. The number of phenolic OH excluding ortho intramolecular Hbond substituents is 1. The predicted molar refractivity (Wildman–Crippen MR) is 144 cm³/mol. The lowest BCUT2D eigenvalue weighted by molar-refractivity contribution is 0.0154. The lowest BCUT2D eigenvalue weighted by Gasteiger charge is -2.39. The molecule has 37 heavy (non-hydrogen) atoms. The molecule has 1 unspecified atom stereocenters. The van der Waals surface area contributed by atoms with Crippen molar-refractivity contribution in [2.45, 2.75) is 25.8 Å². The van der Waals surface area contributed by atoms with Gasteiger partial charge in [0.25, 0.3) is 0 Å². The number of ether oxygens (including phenoxy) is 3. The summed E-state index contributed by atoms with van der Waals surface area (Å²) < 4.78 is 30.3. The quantitative estimate of drug-likeness (QED) is 0.321. The zero-order valence-corrected chi connectivity index (χ0v) is 21.7. The average molecular weight is 509 g/mol. The van der Waals surface area contributed by atoms with Gasteiger partial charge in [0, 0.05) is 39.0 Å². The monoisotopic (exact) mass is 508 g/mol. The van der Waals surface area contributed by atoms with Gasteiger partial charge in [-0.2, -0.15) is 0 Å². The van der Waals surface area contributed by atoms with Gasteiger partial charge < -0.3 is 24.2 Å². The lowest BCUT2D eigenvalue weighted by Crippen LogP contribution is -2.36. The van der Waals surface area contributed by atoms with Gasteiger partial charge in [0.15, 0.2) is 0 Å². The highest BCUT2D eigenvalue weighted by atomic mass is 19.1. The Morgan fingerprint density at radius 1 is 1.00 bits per heavy atom.